The van der Waals surface area contributed by atoms with Crippen molar-refractivity contribution in [2.24, 2.45) is 5.92 Å². The normalized spacial score (nSPS) is 14.8. The van der Waals surface area contributed by atoms with Crippen LogP contribution in [0.5, 0.6) is 0 Å². The van der Waals surface area contributed by atoms with Crippen molar-refractivity contribution in [2.45, 2.75) is 32.2 Å². The van der Waals surface area contributed by atoms with E-state index in [9.17, 15) is 14.9 Å². The van der Waals surface area contributed by atoms with Crippen LogP contribution in [0.3, 0.4) is 0 Å². The highest BCUT2D eigenvalue weighted by atomic mass is 16.6. The Balaban J connectivity index is 1.64. The molecule has 0 radical (unpaired) electrons. The summed E-state index contributed by atoms with van der Waals surface area (Å²) in [4.78, 5) is 26.4. The van der Waals surface area contributed by atoms with Crippen LogP contribution in [0, 0.1) is 16.0 Å². The van der Waals surface area contributed by atoms with Crippen molar-refractivity contribution < 1.29 is 14.2 Å². The van der Waals surface area contributed by atoms with Crippen LogP contribution in [0.2, 0.25) is 0 Å². The van der Waals surface area contributed by atoms with Gasteiger partial charge >= 0.3 is 0 Å². The standard InChI is InChI=1S/C15H16N4O4/c20-15(10-4-1-2-5-10)16-9-13-17-14(18-23-13)11-6-3-7-12(8-11)19(21)22/h3,6-8,10H,1-2,4-5,9H2,(H,16,20). The Morgan fingerprint density at radius 3 is 2.91 bits per heavy atom. The molecule has 1 heterocycles. The second-order valence-corrected chi connectivity index (χ2v) is 5.52. The fraction of sp³-hybridized carbons (Fsp3) is 0.400. The number of nitrogens with zero attached hydrogens (tertiary/aromatic N) is 3. The highest BCUT2D eigenvalue weighted by molar-refractivity contribution is 5.78. The average Bonchev–Trinajstić information content (AvgIpc) is 3.24. The molecular weight excluding hydrogens is 300 g/mol. The van der Waals surface area contributed by atoms with E-state index in [1.54, 1.807) is 12.1 Å². The number of non-ortho nitro benzene ring substituents is 1. The molecule has 8 nitrogen and oxygen atoms in total. The molecule has 120 valence electrons. The molecule has 1 amide bonds. The first-order valence-corrected chi connectivity index (χ1v) is 7.48. The van der Waals surface area contributed by atoms with Gasteiger partial charge in [-0.05, 0) is 12.8 Å². The predicted molar refractivity (Wildman–Crippen MR) is 80.2 cm³/mol. The van der Waals surface area contributed by atoms with E-state index in [4.69, 9.17) is 4.52 Å². The van der Waals surface area contributed by atoms with Crippen LogP contribution < -0.4 is 5.32 Å². The number of nitro benzene ring substituents is 1. The zero-order chi connectivity index (χ0) is 16.2. The lowest BCUT2D eigenvalue weighted by atomic mass is 10.1. The summed E-state index contributed by atoms with van der Waals surface area (Å²) in [5.41, 5.74) is 0.458. The third-order valence-electron chi connectivity index (χ3n) is 3.92. The number of amides is 1. The monoisotopic (exact) mass is 316 g/mol. The molecule has 1 aliphatic rings. The van der Waals surface area contributed by atoms with E-state index in [-0.39, 0.29) is 35.8 Å². The van der Waals surface area contributed by atoms with Crippen molar-refractivity contribution in [1.29, 1.82) is 0 Å². The molecule has 1 aromatic heterocycles. The highest BCUT2D eigenvalue weighted by Gasteiger charge is 2.22. The Kier molecular flexibility index (Phi) is 4.31. The zero-order valence-corrected chi connectivity index (χ0v) is 12.4. The number of nitro groups is 1. The topological polar surface area (TPSA) is 111 Å². The van der Waals surface area contributed by atoms with E-state index in [0.29, 0.717) is 5.56 Å². The third kappa shape index (κ3) is 3.53. The number of carbonyl (C=O) groups is 1. The van der Waals surface area contributed by atoms with Gasteiger partial charge in [0.1, 0.15) is 0 Å². The van der Waals surface area contributed by atoms with Crippen molar-refractivity contribution >= 4 is 11.6 Å². The Hall–Kier alpha value is -2.77. The summed E-state index contributed by atoms with van der Waals surface area (Å²) in [5.74, 6) is 0.628. The van der Waals surface area contributed by atoms with Crippen molar-refractivity contribution in [3.8, 4) is 11.4 Å². The van der Waals surface area contributed by atoms with E-state index in [0.717, 1.165) is 25.7 Å². The molecule has 0 unspecified atom stereocenters. The van der Waals surface area contributed by atoms with Crippen molar-refractivity contribution in [2.75, 3.05) is 0 Å². The van der Waals surface area contributed by atoms with E-state index in [1.165, 1.54) is 12.1 Å². The molecule has 0 atom stereocenters. The van der Waals surface area contributed by atoms with Gasteiger partial charge in [-0.1, -0.05) is 30.1 Å². The van der Waals surface area contributed by atoms with Gasteiger partial charge in [0, 0.05) is 23.6 Å². The fourth-order valence-corrected chi connectivity index (χ4v) is 2.70. The van der Waals surface area contributed by atoms with Crippen LogP contribution >= 0.6 is 0 Å². The number of nitrogens with one attached hydrogen (secondary N) is 1. The molecule has 3 rings (SSSR count). The van der Waals surface area contributed by atoms with Gasteiger partial charge < -0.3 is 9.84 Å². The molecule has 1 aliphatic carbocycles. The van der Waals surface area contributed by atoms with Crippen molar-refractivity contribution in [1.82, 2.24) is 15.5 Å². The molecule has 0 spiro atoms. The molecule has 8 heteroatoms. The minimum absolute atomic E-state index is 0.0117. The zero-order valence-electron chi connectivity index (χ0n) is 12.4. The van der Waals surface area contributed by atoms with Crippen LogP contribution in [0.25, 0.3) is 11.4 Å². The van der Waals surface area contributed by atoms with Crippen LogP contribution in [-0.2, 0) is 11.3 Å². The first-order chi connectivity index (χ1) is 11.1. The van der Waals surface area contributed by atoms with Crippen LogP contribution in [-0.4, -0.2) is 21.0 Å². The van der Waals surface area contributed by atoms with Gasteiger partial charge in [-0.3, -0.25) is 14.9 Å². The average molecular weight is 316 g/mol. The maximum absolute atomic E-state index is 11.9. The maximum atomic E-state index is 11.9. The van der Waals surface area contributed by atoms with Crippen LogP contribution in [0.4, 0.5) is 5.69 Å². The molecule has 1 fully saturated rings. The number of hydrogen-bond acceptors (Lipinski definition) is 6. The van der Waals surface area contributed by atoms with Gasteiger partial charge in [0.05, 0.1) is 11.5 Å². The molecule has 0 bridgehead atoms. The second-order valence-electron chi connectivity index (χ2n) is 5.52. The Labute approximate surface area is 132 Å². The van der Waals surface area contributed by atoms with Gasteiger partial charge in [-0.15, -0.1) is 0 Å². The highest BCUT2D eigenvalue weighted by Crippen LogP contribution is 2.25. The molecule has 1 saturated carbocycles. The number of carbonyl (C=O) groups excluding carboxylic acids is 1. The number of hydrogen-bond donors (Lipinski definition) is 1. The molecular formula is C15H16N4O4. The molecule has 23 heavy (non-hydrogen) atoms. The molecule has 0 saturated heterocycles. The third-order valence-corrected chi connectivity index (χ3v) is 3.92. The van der Waals surface area contributed by atoms with E-state index >= 15 is 0 Å². The first-order valence-electron chi connectivity index (χ1n) is 7.48. The predicted octanol–water partition coefficient (Wildman–Crippen LogP) is 2.45. The van der Waals surface area contributed by atoms with E-state index < -0.39 is 4.92 Å². The van der Waals surface area contributed by atoms with Crippen molar-refractivity contribution in [3.63, 3.8) is 0 Å². The molecule has 0 aliphatic heterocycles. The van der Waals surface area contributed by atoms with Gasteiger partial charge in [0.25, 0.3) is 5.69 Å². The minimum Gasteiger partial charge on any atom is -0.347 e. The summed E-state index contributed by atoms with van der Waals surface area (Å²) in [5, 5.41) is 17.4. The lowest BCUT2D eigenvalue weighted by Gasteiger charge is -2.07. The fourth-order valence-electron chi connectivity index (χ4n) is 2.70. The Morgan fingerprint density at radius 1 is 1.39 bits per heavy atom. The first kappa shape index (κ1) is 15.1. The summed E-state index contributed by atoms with van der Waals surface area (Å²) >= 11 is 0. The summed E-state index contributed by atoms with van der Waals surface area (Å²) in [6.45, 7) is 0.164. The van der Waals surface area contributed by atoms with Crippen LogP contribution in [0.1, 0.15) is 31.6 Å². The molecule has 2 aromatic rings. The molecule has 1 aromatic carbocycles. The number of benzene rings is 1. The quantitative estimate of drug-likeness (QED) is 0.670. The van der Waals surface area contributed by atoms with Crippen molar-refractivity contribution in [3.05, 3.63) is 40.3 Å². The second kappa shape index (κ2) is 6.55. The smallest absolute Gasteiger partial charge is 0.270 e. The maximum Gasteiger partial charge on any atom is 0.270 e. The number of rotatable bonds is 5. The van der Waals surface area contributed by atoms with Gasteiger partial charge in [0.2, 0.25) is 17.6 Å². The summed E-state index contributed by atoms with van der Waals surface area (Å²) in [6.07, 6.45) is 4.04. The van der Waals surface area contributed by atoms with E-state index in [1.807, 2.05) is 0 Å². The lowest BCUT2D eigenvalue weighted by molar-refractivity contribution is -0.384. The number of aromatic nitrogens is 2. The van der Waals surface area contributed by atoms with Gasteiger partial charge in [0.15, 0.2) is 0 Å². The minimum atomic E-state index is -0.480. The largest absolute Gasteiger partial charge is 0.347 e. The summed E-state index contributed by atoms with van der Waals surface area (Å²) in [6, 6.07) is 6.00. The molecule has 1 N–H and O–H groups in total. The van der Waals surface area contributed by atoms with E-state index in [2.05, 4.69) is 15.5 Å². The summed E-state index contributed by atoms with van der Waals surface area (Å²) in [7, 11) is 0. The lowest BCUT2D eigenvalue weighted by Crippen LogP contribution is -2.28. The van der Waals surface area contributed by atoms with Crippen LogP contribution in [0.15, 0.2) is 28.8 Å². The van der Waals surface area contributed by atoms with Gasteiger partial charge in [-0.25, -0.2) is 0 Å². The van der Waals surface area contributed by atoms with Gasteiger partial charge in [-0.2, -0.15) is 4.98 Å². The Bertz CT molecular complexity index is 722. The SMILES string of the molecule is O=C(NCc1nc(-c2cccc([N+](=O)[O-])c2)no1)C1CCCC1. The summed E-state index contributed by atoms with van der Waals surface area (Å²) < 4.78 is 5.09. The Morgan fingerprint density at radius 2 is 2.17 bits per heavy atom.